The third-order valence-corrected chi connectivity index (χ3v) is 7.56. The third-order valence-electron chi connectivity index (χ3n) is 6.49. The number of fused-ring (bicyclic) bond motifs is 1. The molecule has 1 fully saturated rings. The number of carbonyl (C=O) groups excluding carboxylic acids is 2. The van der Waals surface area contributed by atoms with Gasteiger partial charge in [-0.1, -0.05) is 0 Å². The fraction of sp³-hybridized carbons (Fsp3) is 0.292. The van der Waals surface area contributed by atoms with Crippen molar-refractivity contribution in [2.45, 2.75) is 30.0 Å². The molecule has 1 saturated heterocycles. The van der Waals surface area contributed by atoms with Crippen molar-refractivity contribution >= 4 is 46.0 Å². The Kier molecular flexibility index (Phi) is 5.07. The van der Waals surface area contributed by atoms with Gasteiger partial charge in [-0.15, -0.1) is 11.8 Å². The fourth-order valence-corrected chi connectivity index (χ4v) is 5.68. The van der Waals surface area contributed by atoms with Crippen molar-refractivity contribution in [3.8, 4) is 0 Å². The lowest BCUT2D eigenvalue weighted by Gasteiger charge is -2.20. The molecule has 2 amide bonds. The maximum absolute atomic E-state index is 14.6. The minimum Gasteiger partial charge on any atom is -0.444 e. The van der Waals surface area contributed by atoms with Gasteiger partial charge in [0.1, 0.15) is 11.9 Å². The lowest BCUT2D eigenvalue weighted by Crippen LogP contribution is -2.29. The molecule has 10 heteroatoms. The maximum atomic E-state index is 14.6. The topological polar surface area (TPSA) is 92.7 Å². The number of amides is 2. The minimum absolute atomic E-state index is 0.0638. The van der Waals surface area contributed by atoms with Crippen LogP contribution in [0.2, 0.25) is 0 Å². The Morgan fingerprint density at radius 2 is 1.97 bits per heavy atom. The number of ether oxygens (including phenoxy) is 1. The predicted molar refractivity (Wildman–Crippen MR) is 127 cm³/mol. The molecule has 2 aromatic carbocycles. The lowest BCUT2D eigenvalue weighted by molar-refractivity contribution is -0.113. The molecule has 6 rings (SSSR count). The van der Waals surface area contributed by atoms with Gasteiger partial charge in [-0.25, -0.2) is 9.18 Å². The number of carbonyl (C=O) groups is 2. The van der Waals surface area contributed by atoms with Crippen LogP contribution in [0, 0.1) is 5.82 Å². The van der Waals surface area contributed by atoms with E-state index in [4.69, 9.17) is 4.74 Å². The zero-order valence-corrected chi connectivity index (χ0v) is 18.9. The van der Waals surface area contributed by atoms with E-state index in [1.165, 1.54) is 23.9 Å². The molecule has 3 aromatic rings. The van der Waals surface area contributed by atoms with Gasteiger partial charge >= 0.3 is 6.09 Å². The highest BCUT2D eigenvalue weighted by Crippen LogP contribution is 2.36. The van der Waals surface area contributed by atoms with Crippen LogP contribution in [0.25, 0.3) is 10.9 Å². The number of aromatic nitrogens is 1. The lowest BCUT2D eigenvalue weighted by atomic mass is 10.1. The van der Waals surface area contributed by atoms with Gasteiger partial charge < -0.3 is 19.9 Å². The largest absolute Gasteiger partial charge is 0.444 e. The number of pyridine rings is 1. The van der Waals surface area contributed by atoms with E-state index >= 15 is 0 Å². The summed E-state index contributed by atoms with van der Waals surface area (Å²) >= 11 is 1.47. The Balaban J connectivity index is 1.12. The molecular weight excluding hydrogens is 459 g/mol. The van der Waals surface area contributed by atoms with Crippen LogP contribution in [-0.2, 0) is 16.1 Å². The molecule has 0 aliphatic carbocycles. The monoisotopic (exact) mass is 480 g/mol. The number of nitrogens with zero attached hydrogens (tertiary/aromatic N) is 2. The van der Waals surface area contributed by atoms with Crippen LogP contribution < -0.4 is 21.1 Å². The molecule has 0 radical (unpaired) electrons. The second kappa shape index (κ2) is 8.14. The Morgan fingerprint density at radius 3 is 2.85 bits per heavy atom. The SMILES string of the molecule is O=C1CSc2ccc(N3C[C@H](CCN[C@@H]4Cn5c(=O)ccc6ccc(F)c4c65)OC3=O)cc2N1. The highest BCUT2D eigenvalue weighted by atomic mass is 32.2. The number of nitrogens with one attached hydrogen (secondary N) is 2. The van der Waals surface area contributed by atoms with Gasteiger partial charge in [0, 0.05) is 28.8 Å². The van der Waals surface area contributed by atoms with Gasteiger partial charge in [0.2, 0.25) is 5.91 Å². The summed E-state index contributed by atoms with van der Waals surface area (Å²) < 4.78 is 21.8. The van der Waals surface area contributed by atoms with E-state index in [0.717, 1.165) is 10.3 Å². The van der Waals surface area contributed by atoms with E-state index in [-0.39, 0.29) is 29.4 Å². The van der Waals surface area contributed by atoms with Gasteiger partial charge in [-0.2, -0.15) is 0 Å². The Hall–Kier alpha value is -3.37. The first-order chi connectivity index (χ1) is 16.5. The van der Waals surface area contributed by atoms with Crippen molar-refractivity contribution in [2.24, 2.45) is 0 Å². The number of hydrogen-bond acceptors (Lipinski definition) is 6. The normalized spacial score (nSPS) is 21.0. The van der Waals surface area contributed by atoms with Crippen molar-refractivity contribution in [2.75, 3.05) is 29.1 Å². The second-order valence-electron chi connectivity index (χ2n) is 8.61. The van der Waals surface area contributed by atoms with Gasteiger partial charge in [-0.3, -0.25) is 14.5 Å². The van der Waals surface area contributed by atoms with Crippen LogP contribution in [0.3, 0.4) is 0 Å². The molecule has 0 unspecified atom stereocenters. The molecule has 2 N–H and O–H groups in total. The quantitative estimate of drug-likeness (QED) is 0.583. The van der Waals surface area contributed by atoms with Gasteiger partial charge in [0.25, 0.3) is 5.56 Å². The highest BCUT2D eigenvalue weighted by Gasteiger charge is 2.34. The average molecular weight is 481 g/mol. The zero-order chi connectivity index (χ0) is 23.4. The summed E-state index contributed by atoms with van der Waals surface area (Å²) in [5, 5.41) is 7.01. The summed E-state index contributed by atoms with van der Waals surface area (Å²) in [5.41, 5.74) is 2.37. The van der Waals surface area contributed by atoms with Gasteiger partial charge in [0.05, 0.1) is 29.5 Å². The molecule has 2 atom stereocenters. The molecule has 0 spiro atoms. The van der Waals surface area contributed by atoms with E-state index in [0.29, 0.717) is 54.3 Å². The van der Waals surface area contributed by atoms with Crippen LogP contribution >= 0.6 is 11.8 Å². The van der Waals surface area contributed by atoms with Crippen LogP contribution in [0.5, 0.6) is 0 Å². The number of thioether (sulfide) groups is 1. The molecule has 8 nitrogen and oxygen atoms in total. The minimum atomic E-state index is -0.435. The Morgan fingerprint density at radius 1 is 1.12 bits per heavy atom. The van der Waals surface area contributed by atoms with Crippen molar-refractivity contribution < 1.29 is 18.7 Å². The van der Waals surface area contributed by atoms with E-state index in [1.807, 2.05) is 12.1 Å². The summed E-state index contributed by atoms with van der Waals surface area (Å²) in [6, 6.07) is 11.5. The first-order valence-electron chi connectivity index (χ1n) is 11.1. The number of cyclic esters (lactones) is 1. The number of hydrogen-bond donors (Lipinski definition) is 2. The van der Waals surface area contributed by atoms with Crippen molar-refractivity contribution in [1.82, 2.24) is 9.88 Å². The molecule has 34 heavy (non-hydrogen) atoms. The van der Waals surface area contributed by atoms with E-state index in [1.54, 1.807) is 27.7 Å². The molecule has 4 heterocycles. The standard InChI is InChI=1S/C24H21FN4O4S/c25-16-4-1-13-2-6-21(31)29-11-18(22(16)23(13)29)26-8-7-15-10-28(24(32)33-15)14-3-5-19-17(9-14)27-20(30)12-34-19/h1-6,9,15,18,26H,7-8,10-12H2,(H,27,30)/t15-,18+/m0/s1. The van der Waals surface area contributed by atoms with Crippen LogP contribution in [0.4, 0.5) is 20.6 Å². The van der Waals surface area contributed by atoms with Crippen molar-refractivity contribution in [3.63, 3.8) is 0 Å². The Labute approximate surface area is 198 Å². The first kappa shape index (κ1) is 21.2. The smallest absolute Gasteiger partial charge is 0.414 e. The van der Waals surface area contributed by atoms with E-state index in [9.17, 15) is 18.8 Å². The van der Waals surface area contributed by atoms with Gasteiger partial charge in [0.15, 0.2) is 0 Å². The molecule has 3 aliphatic rings. The molecule has 0 saturated carbocycles. The third kappa shape index (κ3) is 3.54. The predicted octanol–water partition coefficient (Wildman–Crippen LogP) is 3.24. The van der Waals surface area contributed by atoms with E-state index < -0.39 is 6.09 Å². The molecule has 174 valence electrons. The molecule has 3 aliphatic heterocycles. The summed E-state index contributed by atoms with van der Waals surface area (Å²) in [6.45, 7) is 1.24. The van der Waals surface area contributed by atoms with Crippen molar-refractivity contribution in [3.05, 3.63) is 64.2 Å². The molecule has 1 aromatic heterocycles. The Bertz CT molecular complexity index is 1410. The van der Waals surface area contributed by atoms with Crippen LogP contribution in [-0.4, -0.2) is 41.5 Å². The number of anilines is 2. The molecule has 0 bridgehead atoms. The van der Waals surface area contributed by atoms with E-state index in [2.05, 4.69) is 10.6 Å². The number of halogens is 1. The maximum Gasteiger partial charge on any atom is 0.414 e. The summed E-state index contributed by atoms with van der Waals surface area (Å²) in [7, 11) is 0. The highest BCUT2D eigenvalue weighted by molar-refractivity contribution is 8.00. The van der Waals surface area contributed by atoms with Gasteiger partial charge in [-0.05, 0) is 54.8 Å². The fourth-order valence-electron chi connectivity index (χ4n) is 4.89. The summed E-state index contributed by atoms with van der Waals surface area (Å²) in [4.78, 5) is 39.0. The first-order valence-corrected chi connectivity index (χ1v) is 12.1. The average Bonchev–Trinajstić information content (AvgIpc) is 3.39. The van der Waals surface area contributed by atoms with Crippen LogP contribution in [0.15, 0.2) is 52.2 Å². The number of benzene rings is 2. The van der Waals surface area contributed by atoms with Crippen LogP contribution in [0.1, 0.15) is 18.0 Å². The summed E-state index contributed by atoms with van der Waals surface area (Å²) in [5.74, 6) is -0.0178. The van der Waals surface area contributed by atoms with Crippen molar-refractivity contribution in [1.29, 1.82) is 0 Å². The molecular formula is C24H21FN4O4S. The zero-order valence-electron chi connectivity index (χ0n) is 18.0. The number of rotatable bonds is 5. The second-order valence-corrected chi connectivity index (χ2v) is 9.63. The summed E-state index contributed by atoms with van der Waals surface area (Å²) in [6.07, 6.45) is -0.221.